The van der Waals surface area contributed by atoms with E-state index in [4.69, 9.17) is 4.63 Å². The number of anilines is 2. The summed E-state index contributed by atoms with van der Waals surface area (Å²) in [5.74, 6) is 1.21. The van der Waals surface area contributed by atoms with Gasteiger partial charge in [0.15, 0.2) is 11.6 Å². The van der Waals surface area contributed by atoms with Crippen molar-refractivity contribution in [3.8, 4) is 0 Å². The first kappa shape index (κ1) is 15.8. The lowest BCUT2D eigenvalue weighted by Crippen LogP contribution is -2.55. The Hall–Kier alpha value is -2.75. The van der Waals surface area contributed by atoms with Gasteiger partial charge in [-0.05, 0) is 28.7 Å². The molecular formula is C15H17N7O2S. The Morgan fingerprint density at radius 2 is 2.12 bits per heavy atom. The van der Waals surface area contributed by atoms with Gasteiger partial charge in [-0.25, -0.2) is 14.6 Å². The quantitative estimate of drug-likeness (QED) is 0.745. The maximum Gasteiger partial charge on any atom is 0.245 e. The van der Waals surface area contributed by atoms with Gasteiger partial charge < -0.3 is 15.1 Å². The predicted octanol–water partition coefficient (Wildman–Crippen LogP) is 1.35. The summed E-state index contributed by atoms with van der Waals surface area (Å²) in [5, 5.41) is 12.9. The molecule has 1 amide bonds. The molecule has 1 atom stereocenters. The van der Waals surface area contributed by atoms with Crippen LogP contribution in [0.25, 0.3) is 11.3 Å². The van der Waals surface area contributed by atoms with Crippen molar-refractivity contribution in [1.82, 2.24) is 25.2 Å². The SMILES string of the molecule is C[C@H]1C(=O)N(C)CCN1c1nc2nonc2nc1NCc1cccs1. The second-order valence-corrected chi connectivity index (χ2v) is 6.90. The van der Waals surface area contributed by atoms with E-state index in [1.54, 1.807) is 16.2 Å². The molecule has 0 bridgehead atoms. The Labute approximate surface area is 147 Å². The number of nitrogens with one attached hydrogen (secondary N) is 1. The minimum Gasteiger partial charge on any atom is -0.362 e. The van der Waals surface area contributed by atoms with Crippen LogP contribution in [-0.2, 0) is 11.3 Å². The first-order chi connectivity index (χ1) is 12.1. The van der Waals surface area contributed by atoms with Gasteiger partial charge in [0.1, 0.15) is 6.04 Å². The number of amides is 1. The number of rotatable bonds is 4. The van der Waals surface area contributed by atoms with Crippen LogP contribution in [0.1, 0.15) is 11.8 Å². The van der Waals surface area contributed by atoms with Crippen molar-refractivity contribution >= 4 is 40.2 Å². The predicted molar refractivity (Wildman–Crippen MR) is 93.5 cm³/mol. The lowest BCUT2D eigenvalue weighted by atomic mass is 10.2. The molecule has 130 valence electrons. The summed E-state index contributed by atoms with van der Waals surface area (Å²) in [5.41, 5.74) is 0.667. The van der Waals surface area contributed by atoms with Crippen molar-refractivity contribution < 1.29 is 9.42 Å². The van der Waals surface area contributed by atoms with Gasteiger partial charge in [-0.3, -0.25) is 4.79 Å². The van der Waals surface area contributed by atoms with Crippen LogP contribution in [0.15, 0.2) is 22.1 Å². The highest BCUT2D eigenvalue weighted by Gasteiger charge is 2.32. The molecule has 1 N–H and O–H groups in total. The lowest BCUT2D eigenvalue weighted by Gasteiger charge is -2.38. The number of carbonyl (C=O) groups excluding carboxylic acids is 1. The average molecular weight is 359 g/mol. The van der Waals surface area contributed by atoms with Gasteiger partial charge in [0.2, 0.25) is 17.2 Å². The Morgan fingerprint density at radius 3 is 2.88 bits per heavy atom. The van der Waals surface area contributed by atoms with Crippen molar-refractivity contribution in [3.63, 3.8) is 0 Å². The van der Waals surface area contributed by atoms with Crippen LogP contribution in [0, 0.1) is 0 Å². The summed E-state index contributed by atoms with van der Waals surface area (Å²) in [6.07, 6.45) is 0. The summed E-state index contributed by atoms with van der Waals surface area (Å²) >= 11 is 1.66. The van der Waals surface area contributed by atoms with Crippen LogP contribution in [0.3, 0.4) is 0 Å². The van der Waals surface area contributed by atoms with Crippen LogP contribution in [0.4, 0.5) is 11.6 Å². The monoisotopic (exact) mass is 359 g/mol. The number of likely N-dealkylation sites (N-methyl/N-ethyl adjacent to an activating group) is 1. The molecule has 0 aliphatic carbocycles. The highest BCUT2D eigenvalue weighted by atomic mass is 32.1. The molecule has 3 aromatic rings. The van der Waals surface area contributed by atoms with Gasteiger partial charge >= 0.3 is 0 Å². The zero-order valence-corrected chi connectivity index (χ0v) is 14.7. The molecule has 0 radical (unpaired) electrons. The summed E-state index contributed by atoms with van der Waals surface area (Å²) in [7, 11) is 1.81. The van der Waals surface area contributed by atoms with E-state index in [1.807, 2.05) is 36.4 Å². The normalized spacial score (nSPS) is 18.2. The van der Waals surface area contributed by atoms with E-state index in [-0.39, 0.29) is 11.9 Å². The molecule has 1 aliphatic heterocycles. The van der Waals surface area contributed by atoms with Crippen LogP contribution in [0.2, 0.25) is 0 Å². The summed E-state index contributed by atoms with van der Waals surface area (Å²) in [4.78, 5) is 26.2. The van der Waals surface area contributed by atoms with Gasteiger partial charge in [0, 0.05) is 25.0 Å². The highest BCUT2D eigenvalue weighted by molar-refractivity contribution is 7.09. The Bertz CT molecular complexity index is 895. The third-order valence-electron chi connectivity index (χ3n) is 4.26. The molecule has 3 aromatic heterocycles. The molecule has 1 aliphatic rings. The van der Waals surface area contributed by atoms with Crippen LogP contribution in [-0.4, -0.2) is 57.3 Å². The van der Waals surface area contributed by atoms with Gasteiger partial charge in [-0.15, -0.1) is 11.3 Å². The maximum absolute atomic E-state index is 12.3. The minimum absolute atomic E-state index is 0.0515. The van der Waals surface area contributed by atoms with E-state index in [0.29, 0.717) is 42.6 Å². The molecule has 4 heterocycles. The van der Waals surface area contributed by atoms with E-state index in [0.717, 1.165) is 0 Å². The van der Waals surface area contributed by atoms with Gasteiger partial charge in [0.25, 0.3) is 0 Å². The number of hydrogen-bond donors (Lipinski definition) is 1. The molecule has 1 saturated heterocycles. The Kier molecular flexibility index (Phi) is 3.96. The molecule has 0 aromatic carbocycles. The van der Waals surface area contributed by atoms with E-state index in [9.17, 15) is 4.79 Å². The zero-order chi connectivity index (χ0) is 17.4. The van der Waals surface area contributed by atoms with E-state index in [1.165, 1.54) is 4.88 Å². The van der Waals surface area contributed by atoms with Gasteiger partial charge in [0.05, 0.1) is 6.54 Å². The molecule has 25 heavy (non-hydrogen) atoms. The molecular weight excluding hydrogens is 342 g/mol. The topological polar surface area (TPSA) is 100 Å². The third-order valence-corrected chi connectivity index (χ3v) is 5.13. The van der Waals surface area contributed by atoms with E-state index >= 15 is 0 Å². The number of nitrogens with zero attached hydrogens (tertiary/aromatic N) is 6. The number of hydrogen-bond acceptors (Lipinski definition) is 9. The van der Waals surface area contributed by atoms with Crippen LogP contribution >= 0.6 is 11.3 Å². The number of carbonyl (C=O) groups is 1. The smallest absolute Gasteiger partial charge is 0.245 e. The fourth-order valence-electron chi connectivity index (χ4n) is 2.84. The maximum atomic E-state index is 12.3. The summed E-state index contributed by atoms with van der Waals surface area (Å²) < 4.78 is 4.73. The van der Waals surface area contributed by atoms with Crippen molar-refractivity contribution in [2.24, 2.45) is 0 Å². The lowest BCUT2D eigenvalue weighted by molar-refractivity contribution is -0.132. The number of fused-ring (bicyclic) bond motifs is 1. The van der Waals surface area contributed by atoms with Gasteiger partial charge in [-0.2, -0.15) is 0 Å². The largest absolute Gasteiger partial charge is 0.362 e. The number of aromatic nitrogens is 4. The van der Waals surface area contributed by atoms with E-state index < -0.39 is 0 Å². The second-order valence-electron chi connectivity index (χ2n) is 5.87. The number of thiophene rings is 1. The Morgan fingerprint density at radius 1 is 1.32 bits per heavy atom. The fourth-order valence-corrected chi connectivity index (χ4v) is 3.48. The van der Waals surface area contributed by atoms with Crippen molar-refractivity contribution in [1.29, 1.82) is 0 Å². The molecule has 9 nitrogen and oxygen atoms in total. The van der Waals surface area contributed by atoms with Crippen molar-refractivity contribution in [2.45, 2.75) is 19.5 Å². The van der Waals surface area contributed by atoms with Crippen molar-refractivity contribution in [3.05, 3.63) is 22.4 Å². The van der Waals surface area contributed by atoms with Gasteiger partial charge in [-0.1, -0.05) is 6.07 Å². The summed E-state index contributed by atoms with van der Waals surface area (Å²) in [6, 6.07) is 3.72. The van der Waals surface area contributed by atoms with Crippen LogP contribution in [0.5, 0.6) is 0 Å². The molecule has 0 saturated carbocycles. The summed E-state index contributed by atoms with van der Waals surface area (Å²) in [6.45, 7) is 3.78. The zero-order valence-electron chi connectivity index (χ0n) is 13.8. The van der Waals surface area contributed by atoms with Crippen LogP contribution < -0.4 is 10.2 Å². The first-order valence-electron chi connectivity index (χ1n) is 7.91. The van der Waals surface area contributed by atoms with Crippen molar-refractivity contribution in [2.75, 3.05) is 30.4 Å². The third kappa shape index (κ3) is 2.88. The molecule has 10 heteroatoms. The average Bonchev–Trinajstić information content (AvgIpc) is 3.28. The first-order valence-corrected chi connectivity index (χ1v) is 8.79. The molecule has 0 unspecified atom stereocenters. The highest BCUT2D eigenvalue weighted by Crippen LogP contribution is 2.28. The molecule has 4 rings (SSSR count). The molecule has 0 spiro atoms. The van der Waals surface area contributed by atoms with E-state index in [2.05, 4.69) is 25.6 Å². The minimum atomic E-state index is -0.326. The number of piperazine rings is 1. The molecule has 1 fully saturated rings. The standard InChI is InChI=1S/C15H17N7O2S/c1-9-15(23)21(2)5-6-22(9)14-13(16-8-10-4-3-7-25-10)17-11-12(18-14)20-24-19-11/h3-4,7,9H,5-6,8H2,1-2H3,(H,16,17,19)/t9-/m0/s1. The fraction of sp³-hybridized carbons (Fsp3) is 0.400. The second kappa shape index (κ2) is 6.28. The Balaban J connectivity index is 1.70.